The van der Waals surface area contributed by atoms with Crippen molar-refractivity contribution in [2.45, 2.75) is 13.8 Å². The van der Waals surface area contributed by atoms with E-state index < -0.39 is 5.69 Å². The molecule has 0 fully saturated rings. The van der Waals surface area contributed by atoms with Crippen molar-refractivity contribution in [2.75, 3.05) is 19.6 Å². The van der Waals surface area contributed by atoms with E-state index in [1.165, 1.54) is 21.1 Å². The Labute approximate surface area is 120 Å². The number of hydrogen-bond acceptors (Lipinski definition) is 5. The van der Waals surface area contributed by atoms with E-state index in [1.54, 1.807) is 25.1 Å². The Morgan fingerprint density at radius 2 is 2.00 bits per heavy atom. The monoisotopic (exact) mass is 292 g/mol. The lowest BCUT2D eigenvalue weighted by Gasteiger charge is -2.09. The topological polar surface area (TPSA) is 87.4 Å². The molecule has 0 radical (unpaired) electrons. The van der Waals surface area contributed by atoms with E-state index in [4.69, 9.17) is 9.47 Å². The molecule has 1 aromatic carbocycles. The molecule has 112 valence electrons. The molecule has 0 saturated carbocycles. The minimum absolute atomic E-state index is 0.347. The molecule has 2 rings (SSSR count). The predicted octanol–water partition coefficient (Wildman–Crippen LogP) is 0.450. The van der Waals surface area contributed by atoms with Crippen LogP contribution in [0.15, 0.2) is 23.0 Å². The molecule has 0 aliphatic heterocycles. The fourth-order valence-corrected chi connectivity index (χ4v) is 1.87. The van der Waals surface area contributed by atoms with E-state index in [2.05, 4.69) is 10.5 Å². The van der Waals surface area contributed by atoms with Gasteiger partial charge in [-0.05, 0) is 19.1 Å². The Morgan fingerprint density at radius 3 is 2.57 bits per heavy atom. The van der Waals surface area contributed by atoms with E-state index in [0.29, 0.717) is 23.0 Å². The summed E-state index contributed by atoms with van der Waals surface area (Å²) in [5.74, 6) is 1.01. The summed E-state index contributed by atoms with van der Waals surface area (Å²) in [5, 5.41) is 4.13. The molecule has 0 unspecified atom stereocenters. The highest BCUT2D eigenvalue weighted by Crippen LogP contribution is 2.26. The van der Waals surface area contributed by atoms with E-state index >= 15 is 0 Å². The molecule has 1 amide bonds. The SMILES string of the molecule is COc1ccc(OC)c(-n2nc(C)n(NC(C)=O)c2=O)c1. The van der Waals surface area contributed by atoms with Crippen molar-refractivity contribution in [3.63, 3.8) is 0 Å². The highest BCUT2D eigenvalue weighted by molar-refractivity contribution is 5.80. The van der Waals surface area contributed by atoms with Crippen LogP contribution in [0.25, 0.3) is 5.69 Å². The molecule has 0 bridgehead atoms. The Balaban J connectivity index is 2.62. The number of methoxy groups -OCH3 is 2. The maximum Gasteiger partial charge on any atom is 0.370 e. The first-order valence-electron chi connectivity index (χ1n) is 6.16. The number of aromatic nitrogens is 3. The average molecular weight is 292 g/mol. The standard InChI is InChI=1S/C13H16N4O4/c1-8-14-17(13(19)16(8)15-9(2)18)11-7-10(20-3)5-6-12(11)21-4/h5-7H,1-4H3,(H,15,18). The number of carbonyl (C=O) groups is 1. The van der Waals surface area contributed by atoms with E-state index in [1.807, 2.05) is 0 Å². The maximum atomic E-state index is 12.3. The first-order valence-corrected chi connectivity index (χ1v) is 6.16. The molecule has 1 heterocycles. The third-order valence-corrected chi connectivity index (χ3v) is 2.82. The van der Waals surface area contributed by atoms with E-state index in [0.717, 1.165) is 9.36 Å². The molecular formula is C13H16N4O4. The molecule has 0 saturated heterocycles. The summed E-state index contributed by atoms with van der Waals surface area (Å²) in [6.07, 6.45) is 0. The quantitative estimate of drug-likeness (QED) is 0.884. The highest BCUT2D eigenvalue weighted by Gasteiger charge is 2.16. The van der Waals surface area contributed by atoms with Gasteiger partial charge in [0.25, 0.3) is 0 Å². The van der Waals surface area contributed by atoms with E-state index in [9.17, 15) is 9.59 Å². The summed E-state index contributed by atoms with van der Waals surface area (Å²) >= 11 is 0. The van der Waals surface area contributed by atoms with Crippen molar-refractivity contribution >= 4 is 5.91 Å². The zero-order valence-electron chi connectivity index (χ0n) is 12.2. The average Bonchev–Trinajstić information content (AvgIpc) is 2.74. The molecule has 0 aliphatic rings. The fraction of sp³-hybridized carbons (Fsp3) is 0.308. The largest absolute Gasteiger partial charge is 0.497 e. The number of nitrogens with one attached hydrogen (secondary N) is 1. The van der Waals surface area contributed by atoms with Crippen molar-refractivity contribution in [2.24, 2.45) is 0 Å². The van der Waals surface area contributed by atoms with Crippen LogP contribution in [0.1, 0.15) is 12.7 Å². The number of amides is 1. The molecule has 1 N–H and O–H groups in total. The van der Waals surface area contributed by atoms with Gasteiger partial charge in [-0.3, -0.25) is 10.2 Å². The molecule has 1 aromatic heterocycles. The number of rotatable bonds is 4. The van der Waals surface area contributed by atoms with Gasteiger partial charge in [0.15, 0.2) is 5.82 Å². The first kappa shape index (κ1) is 14.6. The first-order chi connectivity index (χ1) is 9.97. The Bertz CT molecular complexity index is 732. The van der Waals surface area contributed by atoms with Gasteiger partial charge in [-0.2, -0.15) is 9.36 Å². The number of hydrogen-bond donors (Lipinski definition) is 1. The number of ether oxygens (including phenoxy) is 2. The minimum Gasteiger partial charge on any atom is -0.497 e. The van der Waals surface area contributed by atoms with Crippen molar-refractivity contribution in [3.8, 4) is 17.2 Å². The number of benzene rings is 1. The normalized spacial score (nSPS) is 10.3. The number of nitrogens with zero attached hydrogens (tertiary/aromatic N) is 3. The molecule has 8 heteroatoms. The summed E-state index contributed by atoms with van der Waals surface area (Å²) in [6.45, 7) is 2.93. The van der Waals surface area contributed by atoms with Crippen LogP contribution in [0.2, 0.25) is 0 Å². The lowest BCUT2D eigenvalue weighted by molar-refractivity contribution is -0.115. The third kappa shape index (κ3) is 2.73. The van der Waals surface area contributed by atoms with Gasteiger partial charge in [0.1, 0.15) is 17.2 Å². The van der Waals surface area contributed by atoms with Gasteiger partial charge in [0.05, 0.1) is 14.2 Å². The maximum absolute atomic E-state index is 12.3. The molecule has 2 aromatic rings. The van der Waals surface area contributed by atoms with Crippen LogP contribution >= 0.6 is 0 Å². The van der Waals surface area contributed by atoms with Gasteiger partial charge in [0.2, 0.25) is 5.91 Å². The summed E-state index contributed by atoms with van der Waals surface area (Å²) in [6, 6.07) is 5.02. The summed E-state index contributed by atoms with van der Waals surface area (Å²) < 4.78 is 12.6. The second-order valence-corrected chi connectivity index (χ2v) is 4.28. The summed E-state index contributed by atoms with van der Waals surface area (Å²) in [7, 11) is 3.02. The lowest BCUT2D eigenvalue weighted by Crippen LogP contribution is -2.33. The molecule has 21 heavy (non-hydrogen) atoms. The van der Waals surface area contributed by atoms with Crippen LogP contribution in [0.5, 0.6) is 11.5 Å². The smallest absolute Gasteiger partial charge is 0.370 e. The second-order valence-electron chi connectivity index (χ2n) is 4.28. The van der Waals surface area contributed by atoms with Crippen LogP contribution in [-0.2, 0) is 4.79 Å². The zero-order chi connectivity index (χ0) is 15.6. The number of aryl methyl sites for hydroxylation is 1. The number of carbonyl (C=O) groups excluding carboxylic acids is 1. The van der Waals surface area contributed by atoms with Gasteiger partial charge < -0.3 is 9.47 Å². The van der Waals surface area contributed by atoms with Crippen LogP contribution in [-0.4, -0.2) is 34.6 Å². The van der Waals surface area contributed by atoms with Crippen LogP contribution in [0.4, 0.5) is 0 Å². The molecule has 0 atom stereocenters. The summed E-state index contributed by atoms with van der Waals surface area (Å²) in [5.41, 5.74) is 2.33. The molecule has 0 spiro atoms. The van der Waals surface area contributed by atoms with Crippen molar-refractivity contribution in [3.05, 3.63) is 34.5 Å². The van der Waals surface area contributed by atoms with Gasteiger partial charge in [-0.1, -0.05) is 0 Å². The fourth-order valence-electron chi connectivity index (χ4n) is 1.87. The Morgan fingerprint density at radius 1 is 1.29 bits per heavy atom. The van der Waals surface area contributed by atoms with Crippen LogP contribution in [0.3, 0.4) is 0 Å². The second kappa shape index (κ2) is 5.70. The van der Waals surface area contributed by atoms with Crippen LogP contribution in [0, 0.1) is 6.92 Å². The highest BCUT2D eigenvalue weighted by atomic mass is 16.5. The molecular weight excluding hydrogens is 276 g/mol. The van der Waals surface area contributed by atoms with Gasteiger partial charge in [-0.15, -0.1) is 5.10 Å². The third-order valence-electron chi connectivity index (χ3n) is 2.82. The molecule has 0 aliphatic carbocycles. The summed E-state index contributed by atoms with van der Waals surface area (Å²) in [4.78, 5) is 23.5. The van der Waals surface area contributed by atoms with Crippen molar-refractivity contribution in [1.29, 1.82) is 0 Å². The van der Waals surface area contributed by atoms with Gasteiger partial charge >= 0.3 is 5.69 Å². The minimum atomic E-state index is -0.505. The van der Waals surface area contributed by atoms with Crippen molar-refractivity contribution < 1.29 is 14.3 Å². The predicted molar refractivity (Wildman–Crippen MR) is 75.7 cm³/mol. The van der Waals surface area contributed by atoms with Gasteiger partial charge in [0, 0.05) is 13.0 Å². The van der Waals surface area contributed by atoms with Crippen LogP contribution < -0.4 is 20.6 Å². The van der Waals surface area contributed by atoms with Crippen molar-refractivity contribution in [1.82, 2.24) is 14.5 Å². The zero-order valence-corrected chi connectivity index (χ0v) is 12.2. The Hall–Kier alpha value is -2.77. The van der Waals surface area contributed by atoms with Gasteiger partial charge in [-0.25, -0.2) is 4.79 Å². The van der Waals surface area contributed by atoms with E-state index in [-0.39, 0.29) is 5.91 Å². The lowest BCUT2D eigenvalue weighted by atomic mass is 10.3. The molecule has 8 nitrogen and oxygen atoms in total. The Kier molecular flexibility index (Phi) is 3.97.